The first kappa shape index (κ1) is 13.2. The Morgan fingerprint density at radius 1 is 1.47 bits per heavy atom. The number of carbonyl (C=O) groups excluding carboxylic acids is 1. The Labute approximate surface area is 107 Å². The number of ether oxygens (including phenoxy) is 1. The number of amides is 1. The number of methoxy groups -OCH3 is 1. The number of carbonyl (C=O) groups is 1. The van der Waals surface area contributed by atoms with Gasteiger partial charge < -0.3 is 16.2 Å². The predicted octanol–water partition coefficient (Wildman–Crippen LogP) is 1.27. The van der Waals surface area contributed by atoms with Crippen LogP contribution < -0.4 is 16.2 Å². The van der Waals surface area contributed by atoms with Crippen LogP contribution in [0.3, 0.4) is 0 Å². The normalized spacial score (nSPS) is 10.2. The molecule has 0 spiro atoms. The van der Waals surface area contributed by atoms with Crippen molar-refractivity contribution in [2.24, 2.45) is 16.5 Å². The molecule has 90 valence electrons. The molecule has 17 heavy (non-hydrogen) atoms. The zero-order valence-corrected chi connectivity index (χ0v) is 10.8. The largest absolute Gasteiger partial charge is 0.496 e. The Hall–Kier alpha value is -1.82. The van der Waals surface area contributed by atoms with E-state index in [0.29, 0.717) is 5.75 Å². The molecule has 1 aromatic carbocycles. The van der Waals surface area contributed by atoms with Gasteiger partial charge in [0.2, 0.25) is 0 Å². The molecule has 1 rings (SSSR count). The molecule has 0 saturated carbocycles. The minimum Gasteiger partial charge on any atom is -0.496 e. The SMILES string of the molecule is COc1ccc(Br)cc1C=CC(=O)N=C(N)N. The van der Waals surface area contributed by atoms with E-state index < -0.39 is 5.91 Å². The summed E-state index contributed by atoms with van der Waals surface area (Å²) in [6.45, 7) is 0. The second-order valence-corrected chi connectivity index (χ2v) is 4.01. The summed E-state index contributed by atoms with van der Waals surface area (Å²) in [5.74, 6) is -0.130. The topological polar surface area (TPSA) is 90.7 Å². The molecule has 1 aromatic rings. The van der Waals surface area contributed by atoms with Crippen molar-refractivity contribution in [3.05, 3.63) is 34.3 Å². The third-order valence-corrected chi connectivity index (χ3v) is 2.33. The standard InChI is InChI=1S/C11H12BrN3O2/c1-17-9-4-3-8(12)6-7(9)2-5-10(16)15-11(13)14/h2-6H,1H3,(H4,13,14,15,16). The first-order valence-electron chi connectivity index (χ1n) is 4.68. The highest BCUT2D eigenvalue weighted by Gasteiger charge is 2.01. The van der Waals surface area contributed by atoms with Crippen LogP contribution in [-0.4, -0.2) is 19.0 Å². The molecule has 5 nitrogen and oxygen atoms in total. The van der Waals surface area contributed by atoms with Crippen LogP contribution >= 0.6 is 15.9 Å². The maximum atomic E-state index is 11.2. The number of nitrogens with zero attached hydrogens (tertiary/aromatic N) is 1. The number of hydrogen-bond donors (Lipinski definition) is 2. The molecule has 6 heteroatoms. The maximum absolute atomic E-state index is 11.2. The maximum Gasteiger partial charge on any atom is 0.272 e. The second-order valence-electron chi connectivity index (χ2n) is 3.09. The molecule has 0 fully saturated rings. The molecular weight excluding hydrogens is 286 g/mol. The molecule has 0 unspecified atom stereocenters. The molecule has 0 bridgehead atoms. The van der Waals surface area contributed by atoms with Gasteiger partial charge in [0.05, 0.1) is 7.11 Å². The molecule has 0 aliphatic rings. The van der Waals surface area contributed by atoms with Gasteiger partial charge in [0, 0.05) is 16.1 Å². The Kier molecular flexibility index (Phi) is 4.71. The highest BCUT2D eigenvalue weighted by Crippen LogP contribution is 2.24. The lowest BCUT2D eigenvalue weighted by atomic mass is 10.2. The fourth-order valence-electron chi connectivity index (χ4n) is 1.16. The van der Waals surface area contributed by atoms with Crippen LogP contribution in [0.15, 0.2) is 33.7 Å². The van der Waals surface area contributed by atoms with Crippen molar-refractivity contribution in [1.82, 2.24) is 0 Å². The summed E-state index contributed by atoms with van der Waals surface area (Å²) < 4.78 is 6.03. The smallest absolute Gasteiger partial charge is 0.272 e. The molecular formula is C11H12BrN3O2. The fourth-order valence-corrected chi connectivity index (χ4v) is 1.54. The van der Waals surface area contributed by atoms with Crippen LogP contribution in [0.4, 0.5) is 0 Å². The number of rotatable bonds is 3. The lowest BCUT2D eigenvalue weighted by molar-refractivity contribution is -0.113. The van der Waals surface area contributed by atoms with E-state index in [1.807, 2.05) is 12.1 Å². The Balaban J connectivity index is 2.94. The van der Waals surface area contributed by atoms with Crippen LogP contribution in [0.1, 0.15) is 5.56 Å². The van der Waals surface area contributed by atoms with Crippen molar-refractivity contribution in [1.29, 1.82) is 0 Å². The molecule has 1 amide bonds. The first-order valence-corrected chi connectivity index (χ1v) is 5.47. The quantitative estimate of drug-likeness (QED) is 0.499. The number of halogens is 1. The van der Waals surface area contributed by atoms with Crippen molar-refractivity contribution in [2.45, 2.75) is 0 Å². The third kappa shape index (κ3) is 4.28. The van der Waals surface area contributed by atoms with Gasteiger partial charge >= 0.3 is 0 Å². The van der Waals surface area contributed by atoms with Gasteiger partial charge in [-0.1, -0.05) is 15.9 Å². The van der Waals surface area contributed by atoms with Gasteiger partial charge in [-0.05, 0) is 24.3 Å². The summed E-state index contributed by atoms with van der Waals surface area (Å²) in [7, 11) is 1.55. The monoisotopic (exact) mass is 297 g/mol. The zero-order valence-electron chi connectivity index (χ0n) is 9.18. The van der Waals surface area contributed by atoms with Gasteiger partial charge in [-0.3, -0.25) is 4.79 Å². The molecule has 0 aliphatic carbocycles. The molecule has 0 saturated heterocycles. The van der Waals surface area contributed by atoms with Gasteiger partial charge in [0.1, 0.15) is 5.75 Å². The second kappa shape index (κ2) is 6.05. The summed E-state index contributed by atoms with van der Waals surface area (Å²) >= 11 is 3.33. The average Bonchev–Trinajstić information content (AvgIpc) is 2.25. The van der Waals surface area contributed by atoms with E-state index in [9.17, 15) is 4.79 Å². The zero-order chi connectivity index (χ0) is 12.8. The number of aliphatic imine (C=N–C) groups is 1. The minimum atomic E-state index is -0.521. The average molecular weight is 298 g/mol. The third-order valence-electron chi connectivity index (χ3n) is 1.84. The summed E-state index contributed by atoms with van der Waals surface area (Å²) in [6, 6.07) is 5.45. The van der Waals surface area contributed by atoms with E-state index in [-0.39, 0.29) is 5.96 Å². The molecule has 0 aliphatic heterocycles. The summed E-state index contributed by atoms with van der Waals surface area (Å²) in [5.41, 5.74) is 10.9. The van der Waals surface area contributed by atoms with Crippen LogP contribution in [0.25, 0.3) is 6.08 Å². The molecule has 4 N–H and O–H groups in total. The fraction of sp³-hybridized carbons (Fsp3) is 0.0909. The van der Waals surface area contributed by atoms with Crippen molar-refractivity contribution < 1.29 is 9.53 Å². The summed E-state index contributed by atoms with van der Waals surface area (Å²) in [6.07, 6.45) is 2.85. The summed E-state index contributed by atoms with van der Waals surface area (Å²) in [5, 5.41) is 0. The van der Waals surface area contributed by atoms with Crippen molar-refractivity contribution >= 4 is 33.9 Å². The Morgan fingerprint density at radius 3 is 2.76 bits per heavy atom. The van der Waals surface area contributed by atoms with E-state index in [1.165, 1.54) is 6.08 Å². The lowest BCUT2D eigenvalue weighted by Gasteiger charge is -2.04. The number of hydrogen-bond acceptors (Lipinski definition) is 2. The van der Waals surface area contributed by atoms with E-state index in [4.69, 9.17) is 16.2 Å². The molecule has 0 atom stereocenters. The number of nitrogens with two attached hydrogens (primary N) is 2. The van der Waals surface area contributed by atoms with Gasteiger partial charge in [0.15, 0.2) is 5.96 Å². The van der Waals surface area contributed by atoms with Crippen molar-refractivity contribution in [2.75, 3.05) is 7.11 Å². The molecule has 0 radical (unpaired) electrons. The highest BCUT2D eigenvalue weighted by molar-refractivity contribution is 9.10. The first-order chi connectivity index (χ1) is 8.02. The van der Waals surface area contributed by atoms with E-state index in [2.05, 4.69) is 20.9 Å². The van der Waals surface area contributed by atoms with E-state index >= 15 is 0 Å². The Bertz CT molecular complexity index is 480. The Morgan fingerprint density at radius 2 is 2.18 bits per heavy atom. The van der Waals surface area contributed by atoms with Crippen LogP contribution in [-0.2, 0) is 4.79 Å². The van der Waals surface area contributed by atoms with E-state index in [0.717, 1.165) is 10.0 Å². The number of guanidine groups is 1. The van der Waals surface area contributed by atoms with Crippen molar-refractivity contribution in [3.8, 4) is 5.75 Å². The predicted molar refractivity (Wildman–Crippen MR) is 70.5 cm³/mol. The van der Waals surface area contributed by atoms with Gasteiger partial charge in [-0.2, -0.15) is 4.99 Å². The highest BCUT2D eigenvalue weighted by atomic mass is 79.9. The van der Waals surface area contributed by atoms with Gasteiger partial charge in [-0.15, -0.1) is 0 Å². The van der Waals surface area contributed by atoms with Gasteiger partial charge in [-0.25, -0.2) is 0 Å². The van der Waals surface area contributed by atoms with Crippen molar-refractivity contribution in [3.63, 3.8) is 0 Å². The van der Waals surface area contributed by atoms with Gasteiger partial charge in [0.25, 0.3) is 5.91 Å². The lowest BCUT2D eigenvalue weighted by Crippen LogP contribution is -2.23. The van der Waals surface area contributed by atoms with Crippen LogP contribution in [0.2, 0.25) is 0 Å². The molecule has 0 heterocycles. The number of benzene rings is 1. The van der Waals surface area contributed by atoms with E-state index in [1.54, 1.807) is 19.3 Å². The van der Waals surface area contributed by atoms with Crippen LogP contribution in [0, 0.1) is 0 Å². The molecule has 0 aromatic heterocycles. The minimum absolute atomic E-state index is 0.263. The van der Waals surface area contributed by atoms with Crippen LogP contribution in [0.5, 0.6) is 5.75 Å². The summed E-state index contributed by atoms with van der Waals surface area (Å²) in [4.78, 5) is 14.6.